The summed E-state index contributed by atoms with van der Waals surface area (Å²) in [5.41, 5.74) is 6.86. The third-order valence-electron chi connectivity index (χ3n) is 2.90. The molecule has 1 atom stereocenters. The Kier molecular flexibility index (Phi) is 4.86. The molecule has 108 valence electrons. The molecule has 2 rings (SSSR count). The maximum absolute atomic E-state index is 11.5. The molecule has 1 unspecified atom stereocenters. The smallest absolute Gasteiger partial charge is 0.343 e. The molecule has 0 spiro atoms. The minimum absolute atomic E-state index is 0.219. The van der Waals surface area contributed by atoms with Crippen molar-refractivity contribution in [1.29, 1.82) is 0 Å². The molecule has 0 aliphatic rings. The number of para-hydroxylation sites is 1. The zero-order chi connectivity index (χ0) is 14.5. The molecule has 4 N–H and O–H groups in total. The first kappa shape index (κ1) is 14.7. The van der Waals surface area contributed by atoms with Gasteiger partial charge in [0.05, 0.1) is 6.10 Å². The molecule has 7 heteroatoms. The van der Waals surface area contributed by atoms with Gasteiger partial charge in [-0.05, 0) is 12.5 Å². The van der Waals surface area contributed by atoms with E-state index in [2.05, 4.69) is 10.2 Å². The second-order valence-corrected chi connectivity index (χ2v) is 5.41. The molecule has 0 saturated heterocycles. The molecule has 0 aliphatic heterocycles. The van der Waals surface area contributed by atoms with Crippen molar-refractivity contribution in [2.24, 2.45) is 0 Å². The first-order chi connectivity index (χ1) is 9.63. The van der Waals surface area contributed by atoms with Crippen LogP contribution in [-0.4, -0.2) is 25.6 Å². The molecule has 0 aliphatic carbocycles. The number of nitrogens with two attached hydrogens (primary N) is 1. The number of anilines is 1. The van der Waals surface area contributed by atoms with Crippen LogP contribution < -0.4 is 11.4 Å². The molecule has 0 amide bonds. The van der Waals surface area contributed by atoms with Crippen LogP contribution >= 0.6 is 11.8 Å². The number of rotatable bonds is 6. The molecule has 0 fully saturated rings. The van der Waals surface area contributed by atoms with E-state index >= 15 is 0 Å². The van der Waals surface area contributed by atoms with Crippen LogP contribution in [0.4, 0.5) is 5.69 Å². The zero-order valence-corrected chi connectivity index (χ0v) is 12.1. The van der Waals surface area contributed by atoms with E-state index in [1.165, 1.54) is 11.8 Å². The molecule has 0 bridgehead atoms. The molecule has 0 radical (unpaired) electrons. The van der Waals surface area contributed by atoms with Gasteiger partial charge in [0.2, 0.25) is 0 Å². The number of thioether (sulfide) groups is 1. The summed E-state index contributed by atoms with van der Waals surface area (Å²) in [7, 11) is 0. The second kappa shape index (κ2) is 6.62. The van der Waals surface area contributed by atoms with E-state index in [0.717, 1.165) is 6.42 Å². The van der Waals surface area contributed by atoms with Gasteiger partial charge in [-0.1, -0.05) is 36.9 Å². The SMILES string of the molecule is CCCn1c(SCC(O)c2ccccc2N)n[nH]c1=O. The van der Waals surface area contributed by atoms with Gasteiger partial charge in [0.25, 0.3) is 0 Å². The van der Waals surface area contributed by atoms with Gasteiger partial charge >= 0.3 is 5.69 Å². The van der Waals surface area contributed by atoms with E-state index in [9.17, 15) is 9.90 Å². The van der Waals surface area contributed by atoms with Gasteiger partial charge in [-0.25, -0.2) is 9.89 Å². The van der Waals surface area contributed by atoms with Crippen molar-refractivity contribution in [1.82, 2.24) is 14.8 Å². The van der Waals surface area contributed by atoms with E-state index in [4.69, 9.17) is 5.73 Å². The molecule has 1 aromatic carbocycles. The molecular weight excluding hydrogens is 276 g/mol. The maximum atomic E-state index is 11.5. The van der Waals surface area contributed by atoms with E-state index in [1.807, 2.05) is 19.1 Å². The second-order valence-electron chi connectivity index (χ2n) is 4.42. The number of aliphatic hydroxyl groups excluding tert-OH is 1. The molecule has 20 heavy (non-hydrogen) atoms. The number of hydrogen-bond donors (Lipinski definition) is 3. The van der Waals surface area contributed by atoms with Crippen LogP contribution in [0, 0.1) is 0 Å². The maximum Gasteiger partial charge on any atom is 0.343 e. The molecule has 1 aromatic heterocycles. The Labute approximate surface area is 121 Å². The van der Waals surface area contributed by atoms with Gasteiger partial charge in [0.1, 0.15) is 0 Å². The highest BCUT2D eigenvalue weighted by Gasteiger charge is 2.14. The minimum Gasteiger partial charge on any atom is -0.398 e. The summed E-state index contributed by atoms with van der Waals surface area (Å²) >= 11 is 1.33. The van der Waals surface area contributed by atoms with Crippen molar-refractivity contribution < 1.29 is 5.11 Å². The largest absolute Gasteiger partial charge is 0.398 e. The number of aliphatic hydroxyl groups is 1. The van der Waals surface area contributed by atoms with Crippen LogP contribution in [0.25, 0.3) is 0 Å². The highest BCUT2D eigenvalue weighted by atomic mass is 32.2. The lowest BCUT2D eigenvalue weighted by molar-refractivity contribution is 0.205. The van der Waals surface area contributed by atoms with Crippen molar-refractivity contribution in [2.75, 3.05) is 11.5 Å². The fourth-order valence-corrected chi connectivity index (χ4v) is 2.82. The normalized spacial score (nSPS) is 12.5. The topological polar surface area (TPSA) is 96.9 Å². The standard InChI is InChI=1S/C13H18N4O2S/c1-2-7-17-12(19)15-16-13(17)20-8-11(18)9-5-3-4-6-10(9)14/h3-6,11,18H,2,7-8,14H2,1H3,(H,15,19). The molecule has 0 saturated carbocycles. The Bertz CT molecular complexity index is 623. The highest BCUT2D eigenvalue weighted by molar-refractivity contribution is 7.99. The number of hydrogen-bond acceptors (Lipinski definition) is 5. The van der Waals surface area contributed by atoms with Gasteiger partial charge in [0.15, 0.2) is 5.16 Å². The van der Waals surface area contributed by atoms with Gasteiger partial charge < -0.3 is 10.8 Å². The van der Waals surface area contributed by atoms with Crippen LogP contribution in [-0.2, 0) is 6.54 Å². The Hall–Kier alpha value is -1.73. The number of aromatic amines is 1. The van der Waals surface area contributed by atoms with Gasteiger partial charge in [-0.3, -0.25) is 4.57 Å². The van der Waals surface area contributed by atoms with E-state index < -0.39 is 6.10 Å². The predicted molar refractivity (Wildman–Crippen MR) is 79.7 cm³/mol. The first-order valence-electron chi connectivity index (χ1n) is 6.44. The minimum atomic E-state index is -0.692. The monoisotopic (exact) mass is 294 g/mol. The summed E-state index contributed by atoms with van der Waals surface area (Å²) in [4.78, 5) is 11.5. The summed E-state index contributed by atoms with van der Waals surface area (Å²) in [5.74, 6) is 0.391. The van der Waals surface area contributed by atoms with Crippen molar-refractivity contribution >= 4 is 17.4 Å². The Morgan fingerprint density at radius 1 is 1.50 bits per heavy atom. The molecular formula is C13H18N4O2S. The molecule has 1 heterocycles. The van der Waals surface area contributed by atoms with Crippen LogP contribution in [0.5, 0.6) is 0 Å². The van der Waals surface area contributed by atoms with Crippen molar-refractivity contribution in [2.45, 2.75) is 31.1 Å². The Morgan fingerprint density at radius 3 is 2.95 bits per heavy atom. The average Bonchev–Trinajstić information content (AvgIpc) is 2.78. The summed E-state index contributed by atoms with van der Waals surface area (Å²) in [6, 6.07) is 7.21. The Balaban J connectivity index is 2.06. The lowest BCUT2D eigenvalue weighted by Crippen LogP contribution is -2.17. The highest BCUT2D eigenvalue weighted by Crippen LogP contribution is 2.26. The number of nitrogens with one attached hydrogen (secondary N) is 1. The molecule has 2 aromatic rings. The van der Waals surface area contributed by atoms with E-state index in [0.29, 0.717) is 28.7 Å². The summed E-state index contributed by atoms with van der Waals surface area (Å²) in [5, 5.41) is 17.1. The average molecular weight is 294 g/mol. The van der Waals surface area contributed by atoms with Crippen LogP contribution in [0.1, 0.15) is 25.0 Å². The zero-order valence-electron chi connectivity index (χ0n) is 11.2. The van der Waals surface area contributed by atoms with Crippen molar-refractivity contribution in [3.05, 3.63) is 40.3 Å². The third-order valence-corrected chi connectivity index (χ3v) is 3.95. The van der Waals surface area contributed by atoms with Gasteiger partial charge in [-0.15, -0.1) is 5.10 Å². The first-order valence-corrected chi connectivity index (χ1v) is 7.42. The lowest BCUT2D eigenvalue weighted by Gasteiger charge is -2.12. The van der Waals surface area contributed by atoms with Gasteiger partial charge in [0, 0.05) is 23.5 Å². The quantitative estimate of drug-likeness (QED) is 0.552. The predicted octanol–water partition coefficient (Wildman–Crippen LogP) is 1.39. The number of nitrogen functional groups attached to an aromatic ring is 1. The van der Waals surface area contributed by atoms with E-state index in [1.54, 1.807) is 16.7 Å². The Morgan fingerprint density at radius 2 is 2.25 bits per heavy atom. The third kappa shape index (κ3) is 3.23. The summed E-state index contributed by atoms with van der Waals surface area (Å²) < 4.78 is 1.58. The summed E-state index contributed by atoms with van der Waals surface area (Å²) in [6.07, 6.45) is 0.157. The summed E-state index contributed by atoms with van der Waals surface area (Å²) in [6.45, 7) is 2.61. The lowest BCUT2D eigenvalue weighted by atomic mass is 10.1. The fourth-order valence-electron chi connectivity index (χ4n) is 1.89. The number of H-pyrrole nitrogens is 1. The number of nitrogens with zero attached hydrogens (tertiary/aromatic N) is 2. The van der Waals surface area contributed by atoms with Gasteiger partial charge in [-0.2, -0.15) is 0 Å². The van der Waals surface area contributed by atoms with Crippen molar-refractivity contribution in [3.63, 3.8) is 0 Å². The number of benzene rings is 1. The number of aromatic nitrogens is 3. The fraction of sp³-hybridized carbons (Fsp3) is 0.385. The van der Waals surface area contributed by atoms with E-state index in [-0.39, 0.29) is 5.69 Å². The van der Waals surface area contributed by atoms with Crippen LogP contribution in [0.3, 0.4) is 0 Å². The molecule has 6 nitrogen and oxygen atoms in total. The van der Waals surface area contributed by atoms with Crippen LogP contribution in [0.2, 0.25) is 0 Å². The van der Waals surface area contributed by atoms with Crippen LogP contribution in [0.15, 0.2) is 34.2 Å². The van der Waals surface area contributed by atoms with Crippen molar-refractivity contribution in [3.8, 4) is 0 Å².